The molecule has 1 unspecified atom stereocenters. The Morgan fingerprint density at radius 3 is 2.52 bits per heavy atom. The Labute approximate surface area is 163 Å². The minimum atomic E-state index is -0.686. The van der Waals surface area contributed by atoms with E-state index in [1.165, 1.54) is 0 Å². The van der Waals surface area contributed by atoms with E-state index in [0.717, 1.165) is 27.5 Å². The summed E-state index contributed by atoms with van der Waals surface area (Å²) < 4.78 is 5.72. The first kappa shape index (κ1) is 18.9. The molecular formula is C22H21ClN2O2. The summed E-state index contributed by atoms with van der Waals surface area (Å²) in [5, 5.41) is 6.99. The van der Waals surface area contributed by atoms with E-state index >= 15 is 0 Å². The van der Waals surface area contributed by atoms with Gasteiger partial charge in [-0.25, -0.2) is 5.43 Å². The number of halogens is 1. The Kier molecular flexibility index (Phi) is 5.77. The zero-order valence-electron chi connectivity index (χ0n) is 15.5. The molecule has 0 aliphatic rings. The minimum Gasteiger partial charge on any atom is -0.481 e. The van der Waals surface area contributed by atoms with E-state index in [4.69, 9.17) is 16.3 Å². The Morgan fingerprint density at radius 2 is 1.78 bits per heavy atom. The third kappa shape index (κ3) is 4.47. The summed E-state index contributed by atoms with van der Waals surface area (Å²) >= 11 is 6.16. The van der Waals surface area contributed by atoms with Gasteiger partial charge >= 0.3 is 0 Å². The molecule has 0 aliphatic heterocycles. The van der Waals surface area contributed by atoms with Crippen LogP contribution >= 0.6 is 11.6 Å². The monoisotopic (exact) mass is 380 g/mol. The molecule has 0 spiro atoms. The van der Waals surface area contributed by atoms with Crippen molar-refractivity contribution in [3.8, 4) is 5.75 Å². The molecule has 3 aromatic carbocycles. The van der Waals surface area contributed by atoms with Gasteiger partial charge in [0.15, 0.2) is 6.10 Å². The Bertz CT molecular complexity index is 986. The van der Waals surface area contributed by atoms with Crippen LogP contribution in [-0.2, 0) is 4.79 Å². The van der Waals surface area contributed by atoms with Gasteiger partial charge in [0.05, 0.1) is 6.21 Å². The largest absolute Gasteiger partial charge is 0.481 e. The summed E-state index contributed by atoms with van der Waals surface area (Å²) in [5.74, 6) is 0.284. The van der Waals surface area contributed by atoms with Crippen molar-refractivity contribution in [2.24, 2.45) is 5.10 Å². The predicted octanol–water partition coefficient (Wildman–Crippen LogP) is 5.03. The number of aryl methyl sites for hydroxylation is 2. The number of rotatable bonds is 5. The van der Waals surface area contributed by atoms with Crippen molar-refractivity contribution in [1.29, 1.82) is 0 Å². The molecule has 0 aliphatic carbocycles. The first-order valence-electron chi connectivity index (χ1n) is 8.70. The smallest absolute Gasteiger partial charge is 0.280 e. The van der Waals surface area contributed by atoms with Crippen LogP contribution in [0.25, 0.3) is 10.8 Å². The van der Waals surface area contributed by atoms with Crippen molar-refractivity contribution in [2.45, 2.75) is 26.9 Å². The van der Waals surface area contributed by atoms with Crippen LogP contribution in [0.5, 0.6) is 5.75 Å². The number of fused-ring (bicyclic) bond motifs is 1. The number of nitrogens with zero attached hydrogens (tertiary/aromatic N) is 1. The van der Waals surface area contributed by atoms with Crippen molar-refractivity contribution in [3.63, 3.8) is 0 Å². The maximum atomic E-state index is 12.3. The van der Waals surface area contributed by atoms with Gasteiger partial charge in [0.25, 0.3) is 5.91 Å². The number of hydrogen-bond donors (Lipinski definition) is 1. The van der Waals surface area contributed by atoms with Crippen molar-refractivity contribution in [2.75, 3.05) is 0 Å². The third-order valence-electron chi connectivity index (χ3n) is 4.29. The Morgan fingerprint density at radius 1 is 1.11 bits per heavy atom. The Hall–Kier alpha value is -2.85. The van der Waals surface area contributed by atoms with Crippen LogP contribution in [0.3, 0.4) is 0 Å². The zero-order valence-corrected chi connectivity index (χ0v) is 16.2. The molecule has 1 amide bonds. The van der Waals surface area contributed by atoms with E-state index in [0.29, 0.717) is 10.8 Å². The molecule has 0 radical (unpaired) electrons. The van der Waals surface area contributed by atoms with Crippen molar-refractivity contribution in [1.82, 2.24) is 5.43 Å². The number of carbonyl (C=O) groups is 1. The summed E-state index contributed by atoms with van der Waals surface area (Å²) in [5.41, 5.74) is 5.29. The summed E-state index contributed by atoms with van der Waals surface area (Å²) in [6.45, 7) is 5.49. The molecule has 0 saturated carbocycles. The van der Waals surface area contributed by atoms with Crippen LogP contribution in [0.15, 0.2) is 59.7 Å². The number of amides is 1. The molecule has 5 heteroatoms. The number of benzene rings is 3. The number of hydrazone groups is 1. The molecule has 3 aromatic rings. The lowest BCUT2D eigenvalue weighted by atomic mass is 10.1. The van der Waals surface area contributed by atoms with E-state index in [2.05, 4.69) is 10.5 Å². The standard InChI is InChI=1S/C22H21ClN2O2/c1-14-11-19(12-15(2)21(14)23)27-16(3)22(26)25-24-13-18-9-6-8-17-7-4-5-10-20(17)18/h4-13,16H,1-3H3,(H,25,26)/b24-13+. The quantitative estimate of drug-likeness (QED) is 0.498. The van der Waals surface area contributed by atoms with Crippen LogP contribution < -0.4 is 10.2 Å². The molecular weight excluding hydrogens is 360 g/mol. The molecule has 1 N–H and O–H groups in total. The summed E-state index contributed by atoms with van der Waals surface area (Å²) in [4.78, 5) is 12.3. The van der Waals surface area contributed by atoms with Gasteiger partial charge in [-0.05, 0) is 54.8 Å². The second kappa shape index (κ2) is 8.23. The highest BCUT2D eigenvalue weighted by atomic mass is 35.5. The normalized spacial score (nSPS) is 12.3. The molecule has 4 nitrogen and oxygen atoms in total. The molecule has 1 atom stereocenters. The van der Waals surface area contributed by atoms with Gasteiger partial charge in [-0.1, -0.05) is 54.1 Å². The SMILES string of the molecule is Cc1cc(OC(C)C(=O)N/N=C/c2cccc3ccccc23)cc(C)c1Cl. The van der Waals surface area contributed by atoms with Gasteiger partial charge in [-0.15, -0.1) is 0 Å². The van der Waals surface area contributed by atoms with Crippen LogP contribution in [0, 0.1) is 13.8 Å². The lowest BCUT2D eigenvalue weighted by Crippen LogP contribution is -2.33. The number of nitrogens with one attached hydrogen (secondary N) is 1. The van der Waals surface area contributed by atoms with Gasteiger partial charge in [-0.2, -0.15) is 5.10 Å². The molecule has 3 rings (SSSR count). The van der Waals surface area contributed by atoms with E-state index in [-0.39, 0.29) is 5.91 Å². The number of carbonyl (C=O) groups excluding carboxylic acids is 1. The minimum absolute atomic E-state index is 0.322. The fourth-order valence-electron chi connectivity index (χ4n) is 2.85. The highest BCUT2D eigenvalue weighted by Crippen LogP contribution is 2.26. The van der Waals surface area contributed by atoms with Gasteiger partial charge in [-0.3, -0.25) is 4.79 Å². The van der Waals surface area contributed by atoms with Crippen LogP contribution in [-0.4, -0.2) is 18.2 Å². The van der Waals surface area contributed by atoms with Gasteiger partial charge in [0.2, 0.25) is 0 Å². The highest BCUT2D eigenvalue weighted by Gasteiger charge is 2.15. The Balaban J connectivity index is 1.65. The average Bonchev–Trinajstić information content (AvgIpc) is 2.66. The maximum absolute atomic E-state index is 12.3. The highest BCUT2D eigenvalue weighted by molar-refractivity contribution is 6.32. The first-order chi connectivity index (χ1) is 13.0. The third-order valence-corrected chi connectivity index (χ3v) is 4.89. The van der Waals surface area contributed by atoms with Gasteiger partial charge in [0, 0.05) is 10.6 Å². The first-order valence-corrected chi connectivity index (χ1v) is 9.07. The van der Waals surface area contributed by atoms with Crippen LogP contribution in [0.1, 0.15) is 23.6 Å². The van der Waals surface area contributed by atoms with Gasteiger partial charge in [0.1, 0.15) is 5.75 Å². The fourth-order valence-corrected chi connectivity index (χ4v) is 2.96. The summed E-state index contributed by atoms with van der Waals surface area (Å²) in [7, 11) is 0. The second-order valence-corrected chi connectivity index (χ2v) is 6.81. The topological polar surface area (TPSA) is 50.7 Å². The maximum Gasteiger partial charge on any atom is 0.280 e. The van der Waals surface area contributed by atoms with Gasteiger partial charge < -0.3 is 4.74 Å². The van der Waals surface area contributed by atoms with E-state index in [1.807, 2.05) is 68.4 Å². The molecule has 0 aromatic heterocycles. The molecule has 0 heterocycles. The molecule has 0 bridgehead atoms. The molecule has 0 fully saturated rings. The summed E-state index contributed by atoms with van der Waals surface area (Å²) in [6.07, 6.45) is 0.957. The lowest BCUT2D eigenvalue weighted by Gasteiger charge is -2.15. The van der Waals surface area contributed by atoms with Crippen molar-refractivity contribution < 1.29 is 9.53 Å². The van der Waals surface area contributed by atoms with E-state index < -0.39 is 6.10 Å². The van der Waals surface area contributed by atoms with Crippen LogP contribution in [0.4, 0.5) is 0 Å². The van der Waals surface area contributed by atoms with Crippen molar-refractivity contribution in [3.05, 3.63) is 76.3 Å². The lowest BCUT2D eigenvalue weighted by molar-refractivity contribution is -0.127. The fraction of sp³-hybridized carbons (Fsp3) is 0.182. The number of hydrogen-bond acceptors (Lipinski definition) is 3. The van der Waals surface area contributed by atoms with Crippen molar-refractivity contribution >= 4 is 34.5 Å². The summed E-state index contributed by atoms with van der Waals surface area (Å²) in [6, 6.07) is 17.6. The molecule has 138 valence electrons. The van der Waals surface area contributed by atoms with Crippen LogP contribution in [0.2, 0.25) is 5.02 Å². The zero-order chi connectivity index (χ0) is 19.4. The molecule has 0 saturated heterocycles. The van der Waals surface area contributed by atoms with E-state index in [1.54, 1.807) is 13.1 Å². The second-order valence-electron chi connectivity index (χ2n) is 6.43. The average molecular weight is 381 g/mol. The van der Waals surface area contributed by atoms with E-state index in [9.17, 15) is 4.79 Å². The predicted molar refractivity (Wildman–Crippen MR) is 111 cm³/mol. The number of ether oxygens (including phenoxy) is 1. The molecule has 27 heavy (non-hydrogen) atoms.